The van der Waals surface area contributed by atoms with Crippen molar-refractivity contribution < 1.29 is 0 Å². The van der Waals surface area contributed by atoms with E-state index < -0.39 is 0 Å². The molecule has 1 atom stereocenters. The first-order valence-electron chi connectivity index (χ1n) is 6.46. The summed E-state index contributed by atoms with van der Waals surface area (Å²) >= 11 is 9.74. The Hall–Kier alpha value is -1.19. The molecular formula is C16H18BrClN2. The van der Waals surface area contributed by atoms with Crippen molar-refractivity contribution in [2.45, 2.75) is 13.0 Å². The molecule has 1 N–H and O–H groups in total. The van der Waals surface area contributed by atoms with E-state index in [-0.39, 0.29) is 6.04 Å². The van der Waals surface area contributed by atoms with E-state index in [2.05, 4.69) is 58.5 Å². The normalized spacial score (nSPS) is 12.1. The van der Waals surface area contributed by atoms with Crippen LogP contribution in [-0.2, 0) is 0 Å². The van der Waals surface area contributed by atoms with Crippen molar-refractivity contribution in [1.29, 1.82) is 0 Å². The largest absolute Gasteiger partial charge is 0.378 e. The number of hydrogen-bond acceptors (Lipinski definition) is 2. The molecule has 0 fully saturated rings. The molecule has 0 heterocycles. The number of nitrogens with zero attached hydrogens (tertiary/aromatic N) is 1. The summed E-state index contributed by atoms with van der Waals surface area (Å²) in [5.41, 5.74) is 3.28. The standard InChI is InChI=1S/C16H18BrClN2/c1-11(12-4-6-13(17)7-5-12)19-14-8-9-16(20(2)3)15(18)10-14/h4-11,19H,1-3H3. The lowest BCUT2D eigenvalue weighted by Crippen LogP contribution is -2.10. The van der Waals surface area contributed by atoms with Gasteiger partial charge in [0.1, 0.15) is 0 Å². The van der Waals surface area contributed by atoms with E-state index in [1.807, 2.05) is 31.1 Å². The minimum Gasteiger partial charge on any atom is -0.378 e. The van der Waals surface area contributed by atoms with E-state index >= 15 is 0 Å². The number of anilines is 2. The van der Waals surface area contributed by atoms with Crippen molar-refractivity contribution in [2.24, 2.45) is 0 Å². The molecule has 0 radical (unpaired) electrons. The minimum absolute atomic E-state index is 0.226. The van der Waals surface area contributed by atoms with E-state index in [4.69, 9.17) is 11.6 Å². The Labute approximate surface area is 133 Å². The Bertz CT molecular complexity index is 582. The lowest BCUT2D eigenvalue weighted by molar-refractivity contribution is 0.884. The van der Waals surface area contributed by atoms with Gasteiger partial charge in [0.25, 0.3) is 0 Å². The van der Waals surface area contributed by atoms with Gasteiger partial charge in [0.2, 0.25) is 0 Å². The third-order valence-corrected chi connectivity index (χ3v) is 4.01. The lowest BCUT2D eigenvalue weighted by atomic mass is 10.1. The number of halogens is 2. The Balaban J connectivity index is 2.13. The van der Waals surface area contributed by atoms with Crippen molar-refractivity contribution in [3.8, 4) is 0 Å². The third-order valence-electron chi connectivity index (χ3n) is 3.18. The molecule has 2 nitrogen and oxygen atoms in total. The molecule has 1 unspecified atom stereocenters. The highest BCUT2D eigenvalue weighted by atomic mass is 79.9. The van der Waals surface area contributed by atoms with Gasteiger partial charge in [-0.05, 0) is 42.8 Å². The summed E-state index contributed by atoms with van der Waals surface area (Å²) in [7, 11) is 3.97. The molecule has 0 aromatic heterocycles. The van der Waals surface area contributed by atoms with Crippen LogP contribution in [0.5, 0.6) is 0 Å². The third kappa shape index (κ3) is 3.68. The molecule has 0 saturated carbocycles. The van der Waals surface area contributed by atoms with Crippen LogP contribution in [0.3, 0.4) is 0 Å². The van der Waals surface area contributed by atoms with Gasteiger partial charge >= 0.3 is 0 Å². The van der Waals surface area contributed by atoms with Crippen LogP contribution < -0.4 is 10.2 Å². The zero-order valence-corrected chi connectivity index (χ0v) is 14.2. The molecule has 2 aromatic rings. The van der Waals surface area contributed by atoms with E-state index in [1.54, 1.807) is 0 Å². The zero-order chi connectivity index (χ0) is 14.7. The van der Waals surface area contributed by atoms with Crippen LogP contribution in [0, 0.1) is 0 Å². The van der Waals surface area contributed by atoms with Crippen LogP contribution in [0.1, 0.15) is 18.5 Å². The minimum atomic E-state index is 0.226. The summed E-state index contributed by atoms with van der Waals surface area (Å²) < 4.78 is 1.09. The summed E-state index contributed by atoms with van der Waals surface area (Å²) in [5.74, 6) is 0. The molecule has 2 aromatic carbocycles. The molecule has 20 heavy (non-hydrogen) atoms. The second-order valence-electron chi connectivity index (χ2n) is 4.98. The molecule has 0 aliphatic carbocycles. The van der Waals surface area contributed by atoms with Crippen molar-refractivity contribution in [3.05, 3.63) is 57.5 Å². The van der Waals surface area contributed by atoms with Gasteiger partial charge in [-0.2, -0.15) is 0 Å². The van der Waals surface area contributed by atoms with Crippen LogP contribution in [-0.4, -0.2) is 14.1 Å². The van der Waals surface area contributed by atoms with Gasteiger partial charge in [-0.3, -0.25) is 0 Å². The van der Waals surface area contributed by atoms with Crippen LogP contribution in [0.2, 0.25) is 5.02 Å². The first-order valence-corrected chi connectivity index (χ1v) is 7.63. The topological polar surface area (TPSA) is 15.3 Å². The van der Waals surface area contributed by atoms with Crippen LogP contribution >= 0.6 is 27.5 Å². The highest BCUT2D eigenvalue weighted by Gasteiger charge is 2.08. The molecule has 0 spiro atoms. The van der Waals surface area contributed by atoms with Gasteiger partial charge in [0.15, 0.2) is 0 Å². The monoisotopic (exact) mass is 352 g/mol. The predicted molar refractivity (Wildman–Crippen MR) is 92.0 cm³/mol. The maximum atomic E-state index is 6.29. The molecular weight excluding hydrogens is 336 g/mol. The second-order valence-corrected chi connectivity index (χ2v) is 6.30. The second kappa shape index (κ2) is 6.51. The molecule has 4 heteroatoms. The fourth-order valence-electron chi connectivity index (χ4n) is 2.04. The Kier molecular flexibility index (Phi) is 4.95. The van der Waals surface area contributed by atoms with Crippen molar-refractivity contribution >= 4 is 38.9 Å². The molecule has 2 rings (SSSR count). The maximum Gasteiger partial charge on any atom is 0.0659 e. The van der Waals surface area contributed by atoms with Gasteiger partial charge in [-0.25, -0.2) is 0 Å². The van der Waals surface area contributed by atoms with Gasteiger partial charge in [-0.1, -0.05) is 39.7 Å². The van der Waals surface area contributed by atoms with Gasteiger partial charge in [0.05, 0.1) is 10.7 Å². The van der Waals surface area contributed by atoms with Crippen LogP contribution in [0.25, 0.3) is 0 Å². The SMILES string of the molecule is CC(Nc1ccc(N(C)C)c(Cl)c1)c1ccc(Br)cc1. The number of hydrogen-bond donors (Lipinski definition) is 1. The number of rotatable bonds is 4. The fraction of sp³-hybridized carbons (Fsp3) is 0.250. The van der Waals surface area contributed by atoms with Crippen LogP contribution in [0.4, 0.5) is 11.4 Å². The summed E-state index contributed by atoms with van der Waals surface area (Å²) in [5, 5.41) is 4.22. The average Bonchev–Trinajstić information content (AvgIpc) is 2.39. The molecule has 0 aliphatic rings. The van der Waals surface area contributed by atoms with Crippen LogP contribution in [0.15, 0.2) is 46.9 Å². The van der Waals surface area contributed by atoms with Crippen molar-refractivity contribution in [3.63, 3.8) is 0 Å². The molecule has 106 valence electrons. The number of nitrogens with one attached hydrogen (secondary N) is 1. The van der Waals surface area contributed by atoms with E-state index in [1.165, 1.54) is 5.56 Å². The van der Waals surface area contributed by atoms with E-state index in [0.29, 0.717) is 0 Å². The van der Waals surface area contributed by atoms with E-state index in [0.717, 1.165) is 20.9 Å². The highest BCUT2D eigenvalue weighted by molar-refractivity contribution is 9.10. The maximum absolute atomic E-state index is 6.29. The molecule has 0 amide bonds. The Morgan fingerprint density at radius 2 is 1.75 bits per heavy atom. The molecule has 0 bridgehead atoms. The van der Waals surface area contributed by atoms with Crippen molar-refractivity contribution in [2.75, 3.05) is 24.3 Å². The fourth-order valence-corrected chi connectivity index (χ4v) is 2.66. The lowest BCUT2D eigenvalue weighted by Gasteiger charge is -2.19. The summed E-state index contributed by atoms with van der Waals surface area (Å²) in [6, 6.07) is 14.6. The Morgan fingerprint density at radius 3 is 2.30 bits per heavy atom. The van der Waals surface area contributed by atoms with Gasteiger partial charge < -0.3 is 10.2 Å². The molecule has 0 aliphatic heterocycles. The van der Waals surface area contributed by atoms with Gasteiger partial charge in [0, 0.05) is 30.3 Å². The smallest absolute Gasteiger partial charge is 0.0659 e. The summed E-state index contributed by atoms with van der Waals surface area (Å²) in [4.78, 5) is 2.00. The zero-order valence-electron chi connectivity index (χ0n) is 11.8. The summed E-state index contributed by atoms with van der Waals surface area (Å²) in [6.45, 7) is 2.14. The highest BCUT2D eigenvalue weighted by Crippen LogP contribution is 2.29. The quantitative estimate of drug-likeness (QED) is 0.798. The van der Waals surface area contributed by atoms with E-state index in [9.17, 15) is 0 Å². The summed E-state index contributed by atoms with van der Waals surface area (Å²) in [6.07, 6.45) is 0. The Morgan fingerprint density at radius 1 is 1.10 bits per heavy atom. The molecule has 0 saturated heterocycles. The first-order chi connectivity index (χ1) is 9.47. The van der Waals surface area contributed by atoms with Gasteiger partial charge in [-0.15, -0.1) is 0 Å². The van der Waals surface area contributed by atoms with Crippen molar-refractivity contribution in [1.82, 2.24) is 0 Å². The predicted octanol–water partition coefficient (Wildman–Crippen LogP) is 5.34. The number of benzene rings is 2. The average molecular weight is 354 g/mol. The first kappa shape index (κ1) is 15.2.